The Kier molecular flexibility index (Phi) is 8.16. The fourth-order valence-corrected chi connectivity index (χ4v) is 7.87. The van der Waals surface area contributed by atoms with E-state index in [2.05, 4.69) is 228 Å². The summed E-state index contributed by atoms with van der Waals surface area (Å²) in [5, 5.41) is 2.22. The lowest BCUT2D eigenvalue weighted by atomic mass is 9.92. The first kappa shape index (κ1) is 32.3. The Balaban J connectivity index is 1.13. The molecule has 0 amide bonds. The minimum absolute atomic E-state index is 0.841. The van der Waals surface area contributed by atoms with E-state index in [1.54, 1.807) is 0 Å². The summed E-state index contributed by atoms with van der Waals surface area (Å²) in [7, 11) is 0. The molecule has 0 saturated carbocycles. The van der Waals surface area contributed by atoms with Crippen molar-refractivity contribution in [2.75, 3.05) is 9.80 Å². The van der Waals surface area contributed by atoms with Crippen LogP contribution in [0.25, 0.3) is 44.2 Å². The third kappa shape index (κ3) is 5.89. The number of hydrogen-bond acceptors (Lipinski definition) is 3. The van der Waals surface area contributed by atoms with E-state index in [1.165, 1.54) is 22.3 Å². The van der Waals surface area contributed by atoms with Crippen LogP contribution in [0.5, 0.6) is 11.5 Å². The number of nitrogens with zero attached hydrogens (tertiary/aromatic N) is 2. The highest BCUT2D eigenvalue weighted by Crippen LogP contribution is 2.54. The summed E-state index contributed by atoms with van der Waals surface area (Å²) in [6.45, 7) is 0. The van der Waals surface area contributed by atoms with Gasteiger partial charge in [-0.15, -0.1) is 0 Å². The Labute approximate surface area is 321 Å². The van der Waals surface area contributed by atoms with E-state index in [-0.39, 0.29) is 0 Å². The zero-order valence-electron chi connectivity index (χ0n) is 30.1. The van der Waals surface area contributed by atoms with E-state index in [0.717, 1.165) is 67.5 Å². The second-order valence-electron chi connectivity index (χ2n) is 13.7. The van der Waals surface area contributed by atoms with Gasteiger partial charge in [-0.3, -0.25) is 0 Å². The van der Waals surface area contributed by atoms with Gasteiger partial charge >= 0.3 is 0 Å². The number of para-hydroxylation sites is 3. The molecular formula is C52H36N2O. The summed E-state index contributed by atoms with van der Waals surface area (Å²) in [6.07, 6.45) is 0. The predicted octanol–water partition coefficient (Wildman–Crippen LogP) is 14.9. The van der Waals surface area contributed by atoms with Gasteiger partial charge in [0, 0.05) is 39.1 Å². The van der Waals surface area contributed by atoms with Gasteiger partial charge in [0.2, 0.25) is 0 Å². The van der Waals surface area contributed by atoms with Crippen molar-refractivity contribution in [3.05, 3.63) is 218 Å². The Bertz CT molecular complexity index is 2630. The van der Waals surface area contributed by atoms with Crippen molar-refractivity contribution < 1.29 is 4.74 Å². The van der Waals surface area contributed by atoms with Gasteiger partial charge in [0.05, 0.1) is 11.4 Å². The van der Waals surface area contributed by atoms with Crippen LogP contribution in [-0.2, 0) is 0 Å². The van der Waals surface area contributed by atoms with Crippen molar-refractivity contribution in [1.29, 1.82) is 0 Å². The summed E-state index contributed by atoms with van der Waals surface area (Å²) in [5.74, 6) is 1.68. The molecule has 9 aromatic rings. The quantitative estimate of drug-likeness (QED) is 0.157. The van der Waals surface area contributed by atoms with Gasteiger partial charge in [-0.2, -0.15) is 0 Å². The number of hydrogen-bond donors (Lipinski definition) is 0. The van der Waals surface area contributed by atoms with Crippen LogP contribution in [-0.4, -0.2) is 0 Å². The maximum absolute atomic E-state index is 7.02. The fourth-order valence-electron chi connectivity index (χ4n) is 7.87. The molecule has 0 aromatic heterocycles. The molecule has 1 aliphatic rings. The lowest BCUT2D eigenvalue weighted by molar-refractivity contribution is 0.488. The largest absolute Gasteiger partial charge is 0.454 e. The summed E-state index contributed by atoms with van der Waals surface area (Å²) in [6, 6.07) is 77.3. The second-order valence-corrected chi connectivity index (χ2v) is 13.7. The number of ether oxygens (including phenoxy) is 1. The van der Waals surface area contributed by atoms with Gasteiger partial charge in [-0.1, -0.05) is 152 Å². The van der Waals surface area contributed by atoms with Gasteiger partial charge in [0.25, 0.3) is 0 Å². The SMILES string of the molecule is c1ccc(-c2ccc(N(c3ccc(-c4ccccc4)cc3)c3ccc4c5c(cccc35)-c3cccc(N(c5ccccc5)c5ccccc5)c3O4)cc2)cc1. The predicted molar refractivity (Wildman–Crippen MR) is 230 cm³/mol. The van der Waals surface area contributed by atoms with Crippen LogP contribution < -0.4 is 14.5 Å². The van der Waals surface area contributed by atoms with E-state index in [1.807, 2.05) is 0 Å². The van der Waals surface area contributed by atoms with Crippen molar-refractivity contribution >= 4 is 44.9 Å². The molecule has 0 unspecified atom stereocenters. The van der Waals surface area contributed by atoms with E-state index in [9.17, 15) is 0 Å². The molecular weight excluding hydrogens is 669 g/mol. The maximum atomic E-state index is 7.02. The number of rotatable bonds is 8. The zero-order valence-corrected chi connectivity index (χ0v) is 30.1. The monoisotopic (exact) mass is 704 g/mol. The topological polar surface area (TPSA) is 15.7 Å². The molecule has 0 spiro atoms. The van der Waals surface area contributed by atoms with Gasteiger partial charge in [-0.05, 0) is 94.5 Å². The molecule has 3 heteroatoms. The molecule has 0 atom stereocenters. The number of fused-ring (bicyclic) bond motifs is 2. The highest BCUT2D eigenvalue weighted by molar-refractivity contribution is 6.11. The average molecular weight is 705 g/mol. The van der Waals surface area contributed by atoms with Gasteiger partial charge in [0.15, 0.2) is 5.75 Å². The summed E-state index contributed by atoms with van der Waals surface area (Å²) in [5.41, 5.74) is 13.3. The zero-order chi connectivity index (χ0) is 36.6. The van der Waals surface area contributed by atoms with E-state index in [4.69, 9.17) is 4.74 Å². The van der Waals surface area contributed by atoms with Crippen LogP contribution in [0.15, 0.2) is 218 Å². The lowest BCUT2D eigenvalue weighted by Crippen LogP contribution is -2.13. The van der Waals surface area contributed by atoms with Gasteiger partial charge in [-0.25, -0.2) is 0 Å². The Morgan fingerprint density at radius 2 is 0.727 bits per heavy atom. The maximum Gasteiger partial charge on any atom is 0.159 e. The lowest BCUT2D eigenvalue weighted by Gasteiger charge is -2.32. The molecule has 0 N–H and O–H groups in total. The fraction of sp³-hybridized carbons (Fsp3) is 0. The van der Waals surface area contributed by atoms with Crippen LogP contribution in [0.2, 0.25) is 0 Å². The molecule has 0 saturated heterocycles. The van der Waals surface area contributed by atoms with Gasteiger partial charge in [0.1, 0.15) is 5.75 Å². The molecule has 0 aliphatic carbocycles. The summed E-state index contributed by atoms with van der Waals surface area (Å²) >= 11 is 0. The Morgan fingerprint density at radius 1 is 0.291 bits per heavy atom. The van der Waals surface area contributed by atoms with Crippen LogP contribution in [0.3, 0.4) is 0 Å². The first-order valence-electron chi connectivity index (χ1n) is 18.7. The molecule has 0 bridgehead atoms. The minimum Gasteiger partial charge on any atom is -0.454 e. The van der Waals surface area contributed by atoms with Crippen molar-refractivity contribution in [1.82, 2.24) is 0 Å². The summed E-state index contributed by atoms with van der Waals surface area (Å²) < 4.78 is 7.02. The van der Waals surface area contributed by atoms with Crippen LogP contribution in [0.4, 0.5) is 34.1 Å². The van der Waals surface area contributed by atoms with Crippen LogP contribution in [0, 0.1) is 0 Å². The van der Waals surface area contributed by atoms with Crippen molar-refractivity contribution in [3.63, 3.8) is 0 Å². The Hall–Kier alpha value is -7.36. The van der Waals surface area contributed by atoms with E-state index >= 15 is 0 Å². The van der Waals surface area contributed by atoms with E-state index in [0.29, 0.717) is 0 Å². The van der Waals surface area contributed by atoms with Gasteiger partial charge < -0.3 is 14.5 Å². The van der Waals surface area contributed by atoms with Crippen LogP contribution >= 0.6 is 0 Å². The van der Waals surface area contributed by atoms with E-state index < -0.39 is 0 Å². The second kappa shape index (κ2) is 13.9. The van der Waals surface area contributed by atoms with Crippen LogP contribution in [0.1, 0.15) is 0 Å². The first-order valence-corrected chi connectivity index (χ1v) is 18.7. The molecule has 9 aromatic carbocycles. The minimum atomic E-state index is 0.841. The molecule has 1 aliphatic heterocycles. The number of benzene rings is 9. The first-order chi connectivity index (χ1) is 27.3. The average Bonchev–Trinajstić information content (AvgIpc) is 3.27. The highest BCUT2D eigenvalue weighted by atomic mass is 16.5. The summed E-state index contributed by atoms with van der Waals surface area (Å²) in [4.78, 5) is 4.64. The Morgan fingerprint density at radius 3 is 1.27 bits per heavy atom. The number of anilines is 6. The van der Waals surface area contributed by atoms with Crippen molar-refractivity contribution in [2.45, 2.75) is 0 Å². The molecule has 0 fully saturated rings. The highest BCUT2D eigenvalue weighted by Gasteiger charge is 2.28. The third-order valence-electron chi connectivity index (χ3n) is 10.5. The molecule has 1 heterocycles. The smallest absolute Gasteiger partial charge is 0.159 e. The normalized spacial score (nSPS) is 11.4. The van der Waals surface area contributed by atoms with Crippen molar-refractivity contribution in [3.8, 4) is 44.9 Å². The molecule has 55 heavy (non-hydrogen) atoms. The molecule has 260 valence electrons. The van der Waals surface area contributed by atoms with Crippen molar-refractivity contribution in [2.24, 2.45) is 0 Å². The molecule has 3 nitrogen and oxygen atoms in total. The molecule has 10 rings (SSSR count). The third-order valence-corrected chi connectivity index (χ3v) is 10.5. The molecule has 0 radical (unpaired) electrons. The standard InChI is InChI=1S/C52H36N2O/c1-5-15-37(16-6-1)39-27-31-43(32-28-39)53(44-33-29-40(30-34-44)38-17-7-2-8-18-38)48-35-36-50-51-45(23-13-25-47(48)51)46-24-14-26-49(52(46)55-50)54(41-19-9-3-10-20-41)42-21-11-4-12-22-42/h1-36H.